The molecule has 0 bridgehead atoms. The van der Waals surface area contributed by atoms with Gasteiger partial charge in [-0.1, -0.05) is 70.6 Å². The number of unbranched alkanes of at least 4 members (excludes halogenated alkanes) is 12. The fourth-order valence-electron chi connectivity index (χ4n) is 3.14. The molecule has 0 fully saturated rings. The minimum absolute atomic E-state index is 0.233. The third-order valence-electron chi connectivity index (χ3n) is 4.67. The van der Waals surface area contributed by atoms with Crippen LogP contribution >= 0.6 is 0 Å². The van der Waals surface area contributed by atoms with E-state index in [9.17, 15) is 10.2 Å². The molecular weight excluding hydrogens is 300 g/mol. The molecule has 0 aliphatic carbocycles. The number of aromatic hydroxyl groups is 2. The Labute approximate surface area is 147 Å². The van der Waals surface area contributed by atoms with Crippen molar-refractivity contribution < 1.29 is 15.3 Å². The Morgan fingerprint density at radius 2 is 1.04 bits per heavy atom. The third kappa shape index (κ3) is 10.5. The van der Waals surface area contributed by atoms with Crippen molar-refractivity contribution in [2.24, 2.45) is 0 Å². The van der Waals surface area contributed by atoms with Crippen LogP contribution in [0.5, 0.6) is 11.5 Å². The van der Waals surface area contributed by atoms with E-state index < -0.39 is 0 Å². The van der Waals surface area contributed by atoms with Crippen LogP contribution in [0.1, 0.15) is 89.0 Å². The summed E-state index contributed by atoms with van der Waals surface area (Å²) in [6, 6.07) is 4.75. The van der Waals surface area contributed by atoms with Gasteiger partial charge >= 0.3 is 0 Å². The van der Waals surface area contributed by atoms with Crippen molar-refractivity contribution in [1.82, 2.24) is 0 Å². The SMILES string of the molecule is OCCCCCCCCCCCCCCCc1cc(O)ccc1O. The summed E-state index contributed by atoms with van der Waals surface area (Å²) in [5.41, 5.74) is 0.856. The maximum atomic E-state index is 9.72. The number of aliphatic hydroxyl groups is 1. The number of benzene rings is 1. The monoisotopic (exact) mass is 336 g/mol. The number of aryl methyl sites for hydroxylation is 1. The first-order valence-corrected chi connectivity index (χ1v) is 9.86. The molecule has 1 rings (SSSR count). The van der Waals surface area contributed by atoms with Gasteiger partial charge in [0.25, 0.3) is 0 Å². The summed E-state index contributed by atoms with van der Waals surface area (Å²) in [5, 5.41) is 27.9. The lowest BCUT2D eigenvalue weighted by atomic mass is 10.0. The lowest BCUT2D eigenvalue weighted by Crippen LogP contribution is -1.88. The Morgan fingerprint density at radius 3 is 1.54 bits per heavy atom. The van der Waals surface area contributed by atoms with Gasteiger partial charge in [-0.15, -0.1) is 0 Å². The van der Waals surface area contributed by atoms with Crippen LogP contribution in [0.15, 0.2) is 18.2 Å². The summed E-state index contributed by atoms with van der Waals surface area (Å²) in [6.45, 7) is 0.342. The van der Waals surface area contributed by atoms with E-state index in [1.165, 1.54) is 76.7 Å². The van der Waals surface area contributed by atoms with E-state index in [0.717, 1.165) is 24.8 Å². The van der Waals surface area contributed by atoms with Gasteiger partial charge < -0.3 is 15.3 Å². The topological polar surface area (TPSA) is 60.7 Å². The Bertz CT molecular complexity index is 418. The normalized spacial score (nSPS) is 11.0. The maximum absolute atomic E-state index is 9.72. The van der Waals surface area contributed by atoms with Gasteiger partial charge in [0.05, 0.1) is 0 Å². The van der Waals surface area contributed by atoms with Gasteiger partial charge in [0, 0.05) is 6.61 Å². The minimum Gasteiger partial charge on any atom is -0.508 e. The lowest BCUT2D eigenvalue weighted by molar-refractivity contribution is 0.282. The Hall–Kier alpha value is -1.22. The van der Waals surface area contributed by atoms with E-state index in [1.54, 1.807) is 12.1 Å². The molecule has 0 spiro atoms. The van der Waals surface area contributed by atoms with Gasteiger partial charge in [-0.2, -0.15) is 0 Å². The van der Waals surface area contributed by atoms with Crippen molar-refractivity contribution in [2.75, 3.05) is 6.61 Å². The van der Waals surface area contributed by atoms with E-state index in [2.05, 4.69) is 0 Å². The number of rotatable bonds is 15. The second-order valence-electron chi connectivity index (χ2n) is 6.88. The Kier molecular flexibility index (Phi) is 12.3. The predicted molar refractivity (Wildman–Crippen MR) is 101 cm³/mol. The van der Waals surface area contributed by atoms with Crippen molar-refractivity contribution in [2.45, 2.75) is 89.9 Å². The molecule has 0 aliphatic rings. The van der Waals surface area contributed by atoms with E-state index in [1.807, 2.05) is 0 Å². The molecule has 1 aromatic carbocycles. The molecule has 0 aromatic heterocycles. The fourth-order valence-corrected chi connectivity index (χ4v) is 3.14. The lowest BCUT2D eigenvalue weighted by Gasteiger charge is -2.05. The number of aliphatic hydroxyl groups excluding tert-OH is 1. The van der Waals surface area contributed by atoms with Gasteiger partial charge in [0.15, 0.2) is 0 Å². The molecule has 0 amide bonds. The summed E-state index contributed by atoms with van der Waals surface area (Å²) < 4.78 is 0. The fraction of sp³-hybridized carbons (Fsp3) is 0.714. The first-order valence-electron chi connectivity index (χ1n) is 9.86. The Morgan fingerprint density at radius 1 is 0.583 bits per heavy atom. The molecular formula is C21H36O3. The summed E-state index contributed by atoms with van der Waals surface area (Å²) in [6.07, 6.45) is 17.2. The number of phenols is 2. The van der Waals surface area contributed by atoms with Crippen molar-refractivity contribution in [3.05, 3.63) is 23.8 Å². The van der Waals surface area contributed by atoms with Gasteiger partial charge in [0.2, 0.25) is 0 Å². The molecule has 0 radical (unpaired) electrons. The molecule has 24 heavy (non-hydrogen) atoms. The van der Waals surface area contributed by atoms with Crippen molar-refractivity contribution in [1.29, 1.82) is 0 Å². The minimum atomic E-state index is 0.233. The van der Waals surface area contributed by atoms with Gasteiger partial charge in [-0.05, 0) is 43.0 Å². The highest BCUT2D eigenvalue weighted by molar-refractivity contribution is 5.38. The quantitative estimate of drug-likeness (QED) is 0.284. The zero-order valence-corrected chi connectivity index (χ0v) is 15.2. The molecule has 0 atom stereocenters. The largest absolute Gasteiger partial charge is 0.508 e. The van der Waals surface area contributed by atoms with E-state index >= 15 is 0 Å². The predicted octanol–water partition coefficient (Wildman–Crippen LogP) is 5.70. The summed E-state index contributed by atoms with van der Waals surface area (Å²) in [7, 11) is 0. The highest BCUT2D eigenvalue weighted by Gasteiger charge is 2.02. The van der Waals surface area contributed by atoms with Crippen LogP contribution in [-0.2, 0) is 6.42 Å². The van der Waals surface area contributed by atoms with Crippen molar-refractivity contribution in [3.8, 4) is 11.5 Å². The third-order valence-corrected chi connectivity index (χ3v) is 4.67. The Balaban J connectivity index is 1.85. The van der Waals surface area contributed by atoms with Crippen LogP contribution in [0.25, 0.3) is 0 Å². The summed E-state index contributed by atoms with van der Waals surface area (Å²) in [5.74, 6) is 0.528. The second kappa shape index (κ2) is 14.2. The molecule has 138 valence electrons. The molecule has 0 aliphatic heterocycles. The van der Waals surface area contributed by atoms with Crippen molar-refractivity contribution in [3.63, 3.8) is 0 Å². The highest BCUT2D eigenvalue weighted by atomic mass is 16.3. The van der Waals surface area contributed by atoms with Crippen LogP contribution in [0.2, 0.25) is 0 Å². The summed E-state index contributed by atoms with van der Waals surface area (Å²) in [4.78, 5) is 0. The van der Waals surface area contributed by atoms with Crippen LogP contribution in [0.4, 0.5) is 0 Å². The second-order valence-corrected chi connectivity index (χ2v) is 6.88. The smallest absolute Gasteiger partial charge is 0.119 e. The standard InChI is InChI=1S/C21H36O3/c22-17-13-11-9-7-5-3-1-2-4-6-8-10-12-14-19-18-20(23)15-16-21(19)24/h15-16,18,22-24H,1-14,17H2. The van der Waals surface area contributed by atoms with Crippen LogP contribution in [0.3, 0.4) is 0 Å². The molecule has 0 saturated heterocycles. The molecule has 1 aromatic rings. The number of phenolic OH excluding ortho intramolecular Hbond substituents is 2. The molecule has 3 heteroatoms. The van der Waals surface area contributed by atoms with Crippen LogP contribution < -0.4 is 0 Å². The molecule has 0 saturated carbocycles. The number of hydrogen-bond donors (Lipinski definition) is 3. The average Bonchev–Trinajstić information content (AvgIpc) is 2.58. The molecule has 0 unspecified atom stereocenters. The van der Waals surface area contributed by atoms with Crippen LogP contribution in [0, 0.1) is 0 Å². The first-order chi connectivity index (χ1) is 11.7. The zero-order chi connectivity index (χ0) is 17.5. The molecule has 3 N–H and O–H groups in total. The van der Waals surface area contributed by atoms with Gasteiger partial charge in [0.1, 0.15) is 11.5 Å². The van der Waals surface area contributed by atoms with E-state index in [-0.39, 0.29) is 5.75 Å². The zero-order valence-electron chi connectivity index (χ0n) is 15.2. The van der Waals surface area contributed by atoms with E-state index in [4.69, 9.17) is 5.11 Å². The average molecular weight is 337 g/mol. The molecule has 3 nitrogen and oxygen atoms in total. The van der Waals surface area contributed by atoms with Gasteiger partial charge in [-0.25, -0.2) is 0 Å². The van der Waals surface area contributed by atoms with Gasteiger partial charge in [-0.3, -0.25) is 0 Å². The highest BCUT2D eigenvalue weighted by Crippen LogP contribution is 2.24. The van der Waals surface area contributed by atoms with Crippen molar-refractivity contribution >= 4 is 0 Å². The summed E-state index contributed by atoms with van der Waals surface area (Å²) >= 11 is 0. The van der Waals surface area contributed by atoms with Crippen LogP contribution in [-0.4, -0.2) is 21.9 Å². The number of hydrogen-bond acceptors (Lipinski definition) is 3. The first kappa shape index (κ1) is 20.8. The molecule has 0 heterocycles. The maximum Gasteiger partial charge on any atom is 0.119 e. The van der Waals surface area contributed by atoms with E-state index in [0.29, 0.717) is 12.4 Å².